The van der Waals surface area contributed by atoms with E-state index in [1.165, 1.54) is 231 Å². The Morgan fingerprint density at radius 2 is 0.544 bits per heavy atom. The Kier molecular flexibility index (Phi) is 74.5. The van der Waals surface area contributed by atoms with Gasteiger partial charge in [-0.1, -0.05) is 374 Å². The monoisotopic (exact) mass is 1500 g/mol. The van der Waals surface area contributed by atoms with Crippen LogP contribution in [0.2, 0.25) is 0 Å². The molecule has 19 heteroatoms. The van der Waals surface area contributed by atoms with Crippen molar-refractivity contribution in [3.8, 4) is 0 Å². The molecule has 0 aromatic carbocycles. The number of aliphatic hydroxyl groups excluding tert-OH is 1. The molecule has 0 aliphatic carbocycles. The summed E-state index contributed by atoms with van der Waals surface area (Å²) in [7, 11) is -9.92. The molecule has 0 amide bonds. The average Bonchev–Trinajstić information content (AvgIpc) is 0.924. The molecule has 0 fully saturated rings. The molecule has 0 spiro atoms. The first-order chi connectivity index (χ1) is 50.1. The van der Waals surface area contributed by atoms with Crippen molar-refractivity contribution in [3.05, 3.63) is 24.3 Å². The Hall–Kier alpha value is -2.46. The number of phosphoric acid groups is 2. The van der Waals surface area contributed by atoms with Gasteiger partial charge in [0.2, 0.25) is 0 Å². The zero-order valence-electron chi connectivity index (χ0n) is 66.9. The van der Waals surface area contributed by atoms with Gasteiger partial charge >= 0.3 is 39.5 Å². The molecular formula is C84H160O17P2. The van der Waals surface area contributed by atoms with E-state index in [1.807, 2.05) is 0 Å². The summed E-state index contributed by atoms with van der Waals surface area (Å²) in [5.41, 5.74) is 0. The van der Waals surface area contributed by atoms with E-state index in [4.69, 9.17) is 37.0 Å². The summed E-state index contributed by atoms with van der Waals surface area (Å²) >= 11 is 0. The van der Waals surface area contributed by atoms with Crippen LogP contribution in [0.5, 0.6) is 0 Å². The molecule has 608 valence electrons. The van der Waals surface area contributed by atoms with Gasteiger partial charge in [-0.3, -0.25) is 37.3 Å². The highest BCUT2D eigenvalue weighted by molar-refractivity contribution is 7.47. The van der Waals surface area contributed by atoms with Crippen molar-refractivity contribution >= 4 is 39.5 Å². The molecule has 3 N–H and O–H groups in total. The van der Waals surface area contributed by atoms with Gasteiger partial charge in [0.15, 0.2) is 12.2 Å². The minimum atomic E-state index is -4.97. The highest BCUT2D eigenvalue weighted by Gasteiger charge is 2.30. The highest BCUT2D eigenvalue weighted by Crippen LogP contribution is 2.45. The maximum atomic E-state index is 13.1. The maximum Gasteiger partial charge on any atom is 0.472 e. The molecule has 0 aliphatic heterocycles. The standard InChI is InChI=1S/C84H160O17P2/c1-6-10-13-16-18-20-22-24-26-27-28-29-30-34-38-41-45-49-53-58-63-68-82(87)95-74-80(101-84(89)70-65-60-55-51-47-43-39-35-32-31-33-37-40-44-48-52-57-61-66-77(5)9-4)76-99-103(92,93)97-72-78(85)71-96-102(90,91)98-75-79(73-94-81(86)67-62-56-15-12-8-3)100-83(88)69-64-59-54-50-46-42-36-25-23-21-19-17-14-11-7-2/h21,23,25,36,77-80,85H,6-20,22,24,26-35,37-76H2,1-5H3,(H,90,91)(H,92,93)/b23-21-,36-25-/t77?,78-,79+,80+/m0/s1. The molecule has 0 heterocycles. The minimum absolute atomic E-state index is 0.0845. The molecular weight excluding hydrogens is 1340 g/mol. The number of ether oxygens (including phenoxy) is 4. The SMILES string of the molecule is CCCCCC/C=C\C=C/CCCCCCCC(=O)O[C@H](COC(=O)CCCCCCC)COP(=O)(O)OC[C@H](O)COP(=O)(O)OC[C@@H](COC(=O)CCCCCCCCCCCCCCCCCCCCCCC)OC(=O)CCCCCCCCCCCCCCCCCCCCC(C)CC. The van der Waals surface area contributed by atoms with Crippen LogP contribution in [-0.4, -0.2) is 96.7 Å². The van der Waals surface area contributed by atoms with Crippen molar-refractivity contribution in [3.63, 3.8) is 0 Å². The number of hydrogen-bond acceptors (Lipinski definition) is 15. The molecule has 0 aliphatic rings. The van der Waals surface area contributed by atoms with Crippen LogP contribution in [0.1, 0.15) is 426 Å². The quantitative estimate of drug-likeness (QED) is 0.0169. The summed E-state index contributed by atoms with van der Waals surface area (Å²) < 4.78 is 68.5. The smallest absolute Gasteiger partial charge is 0.462 e. The van der Waals surface area contributed by atoms with E-state index in [9.17, 15) is 43.2 Å². The molecule has 17 nitrogen and oxygen atoms in total. The number of aliphatic hydroxyl groups is 1. The number of carbonyl (C=O) groups excluding carboxylic acids is 4. The van der Waals surface area contributed by atoms with Gasteiger partial charge in [0.05, 0.1) is 26.4 Å². The van der Waals surface area contributed by atoms with E-state index in [0.29, 0.717) is 25.7 Å². The van der Waals surface area contributed by atoms with Gasteiger partial charge in [-0.15, -0.1) is 0 Å². The van der Waals surface area contributed by atoms with Gasteiger partial charge in [-0.05, 0) is 57.3 Å². The number of phosphoric ester groups is 2. The first-order valence-electron chi connectivity index (χ1n) is 43.0. The second-order valence-electron chi connectivity index (χ2n) is 29.8. The van der Waals surface area contributed by atoms with Crippen LogP contribution in [0.4, 0.5) is 0 Å². The van der Waals surface area contributed by atoms with E-state index < -0.39 is 97.5 Å². The number of carbonyl (C=O) groups is 4. The van der Waals surface area contributed by atoms with Crippen LogP contribution in [0.25, 0.3) is 0 Å². The van der Waals surface area contributed by atoms with Crippen LogP contribution < -0.4 is 0 Å². The van der Waals surface area contributed by atoms with Crippen LogP contribution in [0.15, 0.2) is 24.3 Å². The lowest BCUT2D eigenvalue weighted by atomic mass is 9.99. The fraction of sp³-hybridized carbons (Fsp3) is 0.905. The third-order valence-corrected chi connectivity index (χ3v) is 21.4. The van der Waals surface area contributed by atoms with E-state index in [1.54, 1.807) is 0 Å². The van der Waals surface area contributed by atoms with Gasteiger partial charge in [0, 0.05) is 25.7 Å². The zero-order chi connectivity index (χ0) is 75.5. The first kappa shape index (κ1) is 101. The molecule has 0 aromatic rings. The van der Waals surface area contributed by atoms with Crippen molar-refractivity contribution in [1.29, 1.82) is 0 Å². The fourth-order valence-electron chi connectivity index (χ4n) is 12.5. The largest absolute Gasteiger partial charge is 0.472 e. The molecule has 0 aromatic heterocycles. The average molecular weight is 1500 g/mol. The Morgan fingerprint density at radius 3 is 0.825 bits per heavy atom. The molecule has 0 rings (SSSR count). The minimum Gasteiger partial charge on any atom is -0.462 e. The van der Waals surface area contributed by atoms with Gasteiger partial charge < -0.3 is 33.8 Å². The normalized spacial score (nSPS) is 14.2. The fourth-order valence-corrected chi connectivity index (χ4v) is 14.1. The van der Waals surface area contributed by atoms with Crippen LogP contribution in [0.3, 0.4) is 0 Å². The maximum absolute atomic E-state index is 13.1. The van der Waals surface area contributed by atoms with Gasteiger partial charge in [-0.25, -0.2) is 9.13 Å². The Morgan fingerprint density at radius 1 is 0.311 bits per heavy atom. The van der Waals surface area contributed by atoms with E-state index >= 15 is 0 Å². The lowest BCUT2D eigenvalue weighted by Gasteiger charge is -2.21. The topological polar surface area (TPSA) is 237 Å². The highest BCUT2D eigenvalue weighted by atomic mass is 31.2. The predicted molar refractivity (Wildman–Crippen MR) is 423 cm³/mol. The van der Waals surface area contributed by atoms with Gasteiger partial charge in [0.25, 0.3) is 0 Å². The molecule has 6 atom stereocenters. The lowest BCUT2D eigenvalue weighted by molar-refractivity contribution is -0.161. The van der Waals surface area contributed by atoms with Gasteiger partial charge in [-0.2, -0.15) is 0 Å². The first-order valence-corrected chi connectivity index (χ1v) is 46.0. The summed E-state index contributed by atoms with van der Waals surface area (Å²) in [6, 6.07) is 0. The Bertz CT molecular complexity index is 2060. The second kappa shape index (κ2) is 76.3. The Balaban J connectivity index is 5.13. The summed E-state index contributed by atoms with van der Waals surface area (Å²) in [5.74, 6) is -1.28. The second-order valence-corrected chi connectivity index (χ2v) is 32.7. The molecule has 0 radical (unpaired) electrons. The molecule has 3 unspecified atom stereocenters. The summed E-state index contributed by atoms with van der Waals surface area (Å²) in [5, 5.41) is 10.6. The van der Waals surface area contributed by atoms with Crippen LogP contribution in [0, 0.1) is 5.92 Å². The molecule has 0 saturated heterocycles. The number of unbranched alkanes of at least 4 members (excludes halogenated alkanes) is 50. The summed E-state index contributed by atoms with van der Waals surface area (Å²) in [4.78, 5) is 72.8. The van der Waals surface area contributed by atoms with Crippen molar-refractivity contribution in [2.75, 3.05) is 39.6 Å². The third-order valence-electron chi connectivity index (χ3n) is 19.5. The number of esters is 4. The van der Waals surface area contributed by atoms with Crippen molar-refractivity contribution in [2.45, 2.75) is 445 Å². The van der Waals surface area contributed by atoms with Crippen LogP contribution >= 0.6 is 15.6 Å². The summed E-state index contributed by atoms with van der Waals surface area (Å²) in [6.07, 6.45) is 72.2. The van der Waals surface area contributed by atoms with E-state index in [2.05, 4.69) is 58.9 Å². The van der Waals surface area contributed by atoms with E-state index in [0.717, 1.165) is 115 Å². The Labute approximate surface area is 631 Å². The molecule has 0 bridgehead atoms. The number of rotatable bonds is 82. The van der Waals surface area contributed by atoms with Crippen molar-refractivity contribution in [2.24, 2.45) is 5.92 Å². The lowest BCUT2D eigenvalue weighted by Crippen LogP contribution is -2.30. The molecule has 103 heavy (non-hydrogen) atoms. The van der Waals surface area contributed by atoms with E-state index in [-0.39, 0.29) is 25.7 Å². The van der Waals surface area contributed by atoms with Crippen molar-refractivity contribution in [1.82, 2.24) is 0 Å². The number of allylic oxidation sites excluding steroid dienone is 4. The summed E-state index contributed by atoms with van der Waals surface area (Å²) in [6.45, 7) is 7.25. The van der Waals surface area contributed by atoms with Crippen molar-refractivity contribution < 1.29 is 80.2 Å². The van der Waals surface area contributed by atoms with Crippen LogP contribution in [-0.2, 0) is 65.4 Å². The zero-order valence-corrected chi connectivity index (χ0v) is 68.7. The third kappa shape index (κ3) is 76.1. The van der Waals surface area contributed by atoms with Gasteiger partial charge in [0.1, 0.15) is 19.3 Å². The number of hydrogen-bond donors (Lipinski definition) is 3. The molecule has 0 saturated carbocycles. The predicted octanol–water partition coefficient (Wildman–Crippen LogP) is 25.1.